The molecule has 4 aromatic rings. The lowest BCUT2D eigenvalue weighted by molar-refractivity contribution is -0.274. The van der Waals surface area contributed by atoms with E-state index in [1.54, 1.807) is 35.2 Å². The van der Waals surface area contributed by atoms with Crippen molar-refractivity contribution in [2.45, 2.75) is 24.7 Å². The van der Waals surface area contributed by atoms with Crippen molar-refractivity contribution in [3.05, 3.63) is 103 Å². The normalized spacial score (nSPS) is 17.3. The van der Waals surface area contributed by atoms with Gasteiger partial charge in [0, 0.05) is 17.6 Å². The Labute approximate surface area is 193 Å². The Morgan fingerprint density at radius 2 is 1.71 bits per heavy atom. The van der Waals surface area contributed by atoms with Gasteiger partial charge in [-0.25, -0.2) is 4.98 Å². The minimum atomic E-state index is -4.76. The van der Waals surface area contributed by atoms with Crippen molar-refractivity contribution in [2.75, 3.05) is 0 Å². The number of hydrogen-bond donors (Lipinski definition) is 1. The molecule has 0 radical (unpaired) electrons. The molecule has 1 aliphatic rings. The monoisotopic (exact) mass is 463 g/mol. The van der Waals surface area contributed by atoms with Crippen LogP contribution in [0.25, 0.3) is 16.8 Å². The van der Waals surface area contributed by atoms with Gasteiger partial charge in [0.05, 0.1) is 12.5 Å². The predicted molar refractivity (Wildman–Crippen MR) is 121 cm³/mol. The summed E-state index contributed by atoms with van der Waals surface area (Å²) in [6.45, 7) is 0. The Morgan fingerprint density at radius 1 is 0.971 bits per heavy atom. The highest BCUT2D eigenvalue weighted by atomic mass is 19.4. The molecule has 2 atom stereocenters. The Balaban J connectivity index is 1.35. The largest absolute Gasteiger partial charge is 0.573 e. The highest BCUT2D eigenvalue weighted by molar-refractivity contribution is 5.93. The maximum atomic E-state index is 13.0. The van der Waals surface area contributed by atoms with E-state index in [9.17, 15) is 18.0 Å². The van der Waals surface area contributed by atoms with Crippen molar-refractivity contribution in [3.8, 4) is 22.6 Å². The van der Waals surface area contributed by atoms with Crippen LogP contribution in [0.3, 0.4) is 0 Å². The zero-order valence-corrected chi connectivity index (χ0v) is 17.9. The first-order valence-electron chi connectivity index (χ1n) is 10.7. The average molecular weight is 463 g/mol. The second kappa shape index (κ2) is 8.70. The molecule has 1 aromatic heterocycles. The van der Waals surface area contributed by atoms with E-state index in [2.05, 4.69) is 27.2 Å². The lowest BCUT2D eigenvalue weighted by Crippen LogP contribution is -2.28. The van der Waals surface area contributed by atoms with Gasteiger partial charge in [0.25, 0.3) is 5.91 Å². The molecule has 1 aliphatic carbocycles. The molecule has 172 valence electrons. The fourth-order valence-electron chi connectivity index (χ4n) is 4.04. The number of nitrogens with zero attached hydrogens (tertiary/aromatic N) is 2. The quantitative estimate of drug-likeness (QED) is 0.398. The van der Waals surface area contributed by atoms with Crippen molar-refractivity contribution < 1.29 is 22.7 Å². The van der Waals surface area contributed by atoms with E-state index in [0.29, 0.717) is 28.4 Å². The molecule has 8 heteroatoms. The van der Waals surface area contributed by atoms with Crippen LogP contribution in [0.1, 0.15) is 28.4 Å². The Morgan fingerprint density at radius 3 is 2.47 bits per heavy atom. The fourth-order valence-corrected chi connectivity index (χ4v) is 4.04. The van der Waals surface area contributed by atoms with Gasteiger partial charge in [-0.05, 0) is 47.4 Å². The van der Waals surface area contributed by atoms with Gasteiger partial charge in [0.2, 0.25) is 0 Å². The minimum absolute atomic E-state index is 0.0703. The molecule has 1 amide bonds. The van der Waals surface area contributed by atoms with Crippen LogP contribution >= 0.6 is 0 Å². The number of rotatable bonds is 6. The molecule has 0 spiro atoms. The van der Waals surface area contributed by atoms with E-state index < -0.39 is 6.36 Å². The van der Waals surface area contributed by atoms with Crippen molar-refractivity contribution in [1.82, 2.24) is 14.9 Å². The molecule has 1 fully saturated rings. The van der Waals surface area contributed by atoms with Crippen LogP contribution in [0, 0.1) is 0 Å². The molecule has 0 unspecified atom stereocenters. The molecule has 0 aliphatic heterocycles. The van der Waals surface area contributed by atoms with Crippen molar-refractivity contribution in [2.24, 2.45) is 0 Å². The van der Waals surface area contributed by atoms with E-state index in [4.69, 9.17) is 0 Å². The molecule has 1 saturated carbocycles. The first kappa shape index (κ1) is 21.8. The summed E-state index contributed by atoms with van der Waals surface area (Å²) in [6, 6.07) is 23.0. The Bertz CT molecular complexity index is 1320. The summed E-state index contributed by atoms with van der Waals surface area (Å²) in [5, 5.41) is 3.07. The predicted octanol–water partition coefficient (Wildman–Crippen LogP) is 5.72. The fraction of sp³-hybridized carbons (Fsp3) is 0.154. The van der Waals surface area contributed by atoms with Gasteiger partial charge in [-0.15, -0.1) is 13.2 Å². The molecule has 0 saturated heterocycles. The first-order chi connectivity index (χ1) is 16.4. The second-order valence-corrected chi connectivity index (χ2v) is 8.11. The van der Waals surface area contributed by atoms with Gasteiger partial charge in [0.15, 0.2) is 0 Å². The van der Waals surface area contributed by atoms with Crippen LogP contribution in [-0.4, -0.2) is 27.9 Å². The second-order valence-electron chi connectivity index (χ2n) is 8.11. The third-order valence-electron chi connectivity index (χ3n) is 5.73. The smallest absolute Gasteiger partial charge is 0.406 e. The van der Waals surface area contributed by atoms with E-state index >= 15 is 0 Å². The molecule has 1 heterocycles. The Kier molecular flexibility index (Phi) is 5.57. The number of imidazole rings is 1. The number of ether oxygens (including phenoxy) is 1. The number of nitrogens with one attached hydrogen (secondary N) is 1. The van der Waals surface area contributed by atoms with Crippen LogP contribution in [-0.2, 0) is 0 Å². The summed E-state index contributed by atoms with van der Waals surface area (Å²) in [4.78, 5) is 17.1. The molecule has 0 bridgehead atoms. The summed E-state index contributed by atoms with van der Waals surface area (Å²) in [6.07, 6.45) is -0.838. The number of halogens is 3. The first-order valence-corrected chi connectivity index (χ1v) is 10.7. The summed E-state index contributed by atoms with van der Waals surface area (Å²) in [5.74, 6) is -0.224. The van der Waals surface area contributed by atoms with E-state index in [0.717, 1.165) is 6.42 Å². The van der Waals surface area contributed by atoms with Crippen LogP contribution in [0.5, 0.6) is 5.75 Å². The van der Waals surface area contributed by atoms with Gasteiger partial charge < -0.3 is 10.1 Å². The van der Waals surface area contributed by atoms with Gasteiger partial charge >= 0.3 is 6.36 Å². The lowest BCUT2D eigenvalue weighted by Gasteiger charge is -2.12. The zero-order valence-electron chi connectivity index (χ0n) is 17.9. The van der Waals surface area contributed by atoms with Crippen molar-refractivity contribution in [1.29, 1.82) is 0 Å². The van der Waals surface area contributed by atoms with Crippen LogP contribution in [0.4, 0.5) is 13.2 Å². The van der Waals surface area contributed by atoms with Gasteiger partial charge in [-0.1, -0.05) is 54.6 Å². The molecular weight excluding hydrogens is 443 g/mol. The van der Waals surface area contributed by atoms with E-state index in [1.807, 2.05) is 24.3 Å². The number of carbonyl (C=O) groups is 1. The SMILES string of the molecule is O=C(N[C@H]1C[C@@H]1c1ccccc1)c1cncn1-c1cccc(-c2cccc(OC(F)(F)F)c2)c1. The summed E-state index contributed by atoms with van der Waals surface area (Å²) < 4.78 is 43.5. The molecule has 34 heavy (non-hydrogen) atoms. The molecular formula is C26H20F3N3O2. The van der Waals surface area contributed by atoms with Gasteiger partial charge in [0.1, 0.15) is 11.4 Å². The zero-order chi connectivity index (χ0) is 23.7. The highest BCUT2D eigenvalue weighted by Crippen LogP contribution is 2.40. The minimum Gasteiger partial charge on any atom is -0.406 e. The molecule has 5 rings (SSSR count). The van der Waals surface area contributed by atoms with Crippen LogP contribution in [0.2, 0.25) is 0 Å². The third-order valence-corrected chi connectivity index (χ3v) is 5.73. The Hall–Kier alpha value is -4.07. The highest BCUT2D eigenvalue weighted by Gasteiger charge is 2.39. The maximum Gasteiger partial charge on any atom is 0.573 e. The number of carbonyl (C=O) groups excluding carboxylic acids is 1. The maximum absolute atomic E-state index is 13.0. The summed E-state index contributed by atoms with van der Waals surface area (Å²) in [5.41, 5.74) is 3.48. The average Bonchev–Trinajstić information content (AvgIpc) is 3.40. The summed E-state index contributed by atoms with van der Waals surface area (Å²) in [7, 11) is 0. The summed E-state index contributed by atoms with van der Waals surface area (Å²) >= 11 is 0. The molecule has 5 nitrogen and oxygen atoms in total. The van der Waals surface area contributed by atoms with Gasteiger partial charge in [-0.2, -0.15) is 0 Å². The van der Waals surface area contributed by atoms with Crippen molar-refractivity contribution >= 4 is 5.91 Å². The number of aromatic nitrogens is 2. The molecule has 3 aromatic carbocycles. The lowest BCUT2D eigenvalue weighted by atomic mass is 10.0. The standard InChI is InChI=1S/C26H20F3N3O2/c27-26(28,29)34-21-11-5-9-19(13-21)18-8-4-10-20(12-18)32-16-30-15-24(32)25(33)31-23-14-22(23)17-6-2-1-3-7-17/h1-13,15-16,22-23H,14H2,(H,31,33)/t22-,23+/m1/s1. The number of hydrogen-bond acceptors (Lipinski definition) is 3. The molecule has 1 N–H and O–H groups in total. The topological polar surface area (TPSA) is 56.2 Å². The number of benzene rings is 3. The number of alkyl halides is 3. The van der Waals surface area contributed by atoms with Crippen LogP contribution in [0.15, 0.2) is 91.4 Å². The van der Waals surface area contributed by atoms with Crippen LogP contribution < -0.4 is 10.1 Å². The third kappa shape index (κ3) is 4.80. The number of amides is 1. The van der Waals surface area contributed by atoms with Crippen molar-refractivity contribution in [3.63, 3.8) is 0 Å². The van der Waals surface area contributed by atoms with Gasteiger partial charge in [-0.3, -0.25) is 9.36 Å². The van der Waals surface area contributed by atoms with E-state index in [1.165, 1.54) is 30.0 Å². The van der Waals surface area contributed by atoms with E-state index in [-0.39, 0.29) is 17.7 Å².